The van der Waals surface area contributed by atoms with Crippen LogP contribution in [-0.4, -0.2) is 21.6 Å². The number of aliphatic hydroxyl groups excluding tert-OH is 1. The summed E-state index contributed by atoms with van der Waals surface area (Å²) in [6, 6.07) is 0. The van der Waals surface area contributed by atoms with Crippen molar-refractivity contribution in [2.45, 2.75) is 64.9 Å². The topological polar surface area (TPSA) is 57.5 Å². The second-order valence-corrected chi connectivity index (χ2v) is 8.99. The van der Waals surface area contributed by atoms with E-state index in [0.29, 0.717) is 17.8 Å². The highest BCUT2D eigenvalue weighted by Gasteiger charge is 2.62. The summed E-state index contributed by atoms with van der Waals surface area (Å²) in [5.41, 5.74) is 0.235. The van der Waals surface area contributed by atoms with E-state index in [9.17, 15) is 15.0 Å². The highest BCUT2D eigenvalue weighted by molar-refractivity contribution is 6.04. The van der Waals surface area contributed by atoms with E-state index < -0.39 is 5.60 Å². The van der Waals surface area contributed by atoms with Crippen molar-refractivity contribution < 1.29 is 15.0 Å². The van der Waals surface area contributed by atoms with Gasteiger partial charge in [-0.1, -0.05) is 19.9 Å². The third kappa shape index (κ3) is 1.77. The van der Waals surface area contributed by atoms with Crippen LogP contribution in [0.15, 0.2) is 23.5 Å². The van der Waals surface area contributed by atoms with Crippen LogP contribution in [0.4, 0.5) is 0 Å². The van der Waals surface area contributed by atoms with Gasteiger partial charge in [0.05, 0.1) is 5.60 Å². The van der Waals surface area contributed by atoms with Crippen molar-refractivity contribution in [2.75, 3.05) is 0 Å². The molecule has 0 aromatic heterocycles. The zero-order valence-electron chi connectivity index (χ0n) is 14.4. The van der Waals surface area contributed by atoms with Crippen LogP contribution in [0.2, 0.25) is 0 Å². The summed E-state index contributed by atoms with van der Waals surface area (Å²) in [5, 5.41) is 21.2. The number of hydrogen-bond acceptors (Lipinski definition) is 3. The Hall–Kier alpha value is -1.09. The Labute approximate surface area is 138 Å². The van der Waals surface area contributed by atoms with Gasteiger partial charge in [0.2, 0.25) is 5.78 Å². The number of ketones is 1. The minimum atomic E-state index is -0.555. The maximum absolute atomic E-state index is 11.8. The van der Waals surface area contributed by atoms with E-state index in [1.807, 2.05) is 6.92 Å². The second-order valence-electron chi connectivity index (χ2n) is 8.99. The maximum Gasteiger partial charge on any atom is 0.219 e. The molecule has 0 amide bonds. The summed E-state index contributed by atoms with van der Waals surface area (Å²) in [6.45, 7) is 6.51. The second kappa shape index (κ2) is 4.50. The molecule has 126 valence electrons. The molecular formula is C20H28O3. The van der Waals surface area contributed by atoms with E-state index in [4.69, 9.17) is 0 Å². The van der Waals surface area contributed by atoms with Gasteiger partial charge in [0.25, 0.3) is 0 Å². The minimum Gasteiger partial charge on any atom is -0.504 e. The molecule has 3 saturated carbocycles. The Morgan fingerprint density at radius 2 is 1.78 bits per heavy atom. The first-order valence-corrected chi connectivity index (χ1v) is 9.09. The molecule has 4 aliphatic rings. The van der Waals surface area contributed by atoms with Crippen LogP contribution in [0.5, 0.6) is 0 Å². The molecule has 3 fully saturated rings. The number of fused-ring (bicyclic) bond motifs is 5. The van der Waals surface area contributed by atoms with Crippen molar-refractivity contribution in [3.63, 3.8) is 0 Å². The molecule has 0 aliphatic heterocycles. The number of carbonyl (C=O) groups is 1. The van der Waals surface area contributed by atoms with Gasteiger partial charge in [-0.2, -0.15) is 0 Å². The predicted octanol–water partition coefficient (Wildman–Crippen LogP) is 3.93. The molecule has 6 atom stereocenters. The Bertz CT molecular complexity index is 629. The van der Waals surface area contributed by atoms with Crippen molar-refractivity contribution >= 4 is 5.78 Å². The molecule has 0 aromatic carbocycles. The minimum absolute atomic E-state index is 0.000189. The molecule has 23 heavy (non-hydrogen) atoms. The SMILES string of the molecule is C[C@]12C=CC(=O)C(O)=C1CCC1C2CC[C@@]2(C)C1CC[C@]2(C)O. The number of rotatable bonds is 0. The summed E-state index contributed by atoms with van der Waals surface area (Å²) in [6.07, 6.45) is 9.59. The Morgan fingerprint density at radius 1 is 1.09 bits per heavy atom. The molecule has 3 nitrogen and oxygen atoms in total. The number of aliphatic hydroxyl groups is 2. The van der Waals surface area contributed by atoms with Gasteiger partial charge in [0, 0.05) is 5.41 Å². The average Bonchev–Trinajstić information content (AvgIpc) is 2.74. The summed E-state index contributed by atoms with van der Waals surface area (Å²) in [4.78, 5) is 11.8. The van der Waals surface area contributed by atoms with Crippen LogP contribution >= 0.6 is 0 Å². The lowest BCUT2D eigenvalue weighted by Gasteiger charge is -2.57. The van der Waals surface area contributed by atoms with E-state index in [1.165, 1.54) is 0 Å². The largest absolute Gasteiger partial charge is 0.504 e. The van der Waals surface area contributed by atoms with Gasteiger partial charge in [-0.3, -0.25) is 4.79 Å². The van der Waals surface area contributed by atoms with Gasteiger partial charge in [-0.25, -0.2) is 0 Å². The molecule has 0 aromatic rings. The molecule has 0 heterocycles. The van der Waals surface area contributed by atoms with Crippen LogP contribution in [0.25, 0.3) is 0 Å². The smallest absolute Gasteiger partial charge is 0.219 e. The highest BCUT2D eigenvalue weighted by Crippen LogP contribution is 2.67. The lowest BCUT2D eigenvalue weighted by atomic mass is 9.47. The maximum atomic E-state index is 11.8. The fraction of sp³-hybridized carbons (Fsp3) is 0.750. The van der Waals surface area contributed by atoms with Crippen molar-refractivity contribution in [1.82, 2.24) is 0 Å². The van der Waals surface area contributed by atoms with Crippen molar-refractivity contribution in [3.05, 3.63) is 23.5 Å². The van der Waals surface area contributed by atoms with E-state index in [0.717, 1.165) is 44.1 Å². The summed E-state index contributed by atoms with van der Waals surface area (Å²) in [5.74, 6) is 1.38. The molecule has 0 bridgehead atoms. The summed E-state index contributed by atoms with van der Waals surface area (Å²) >= 11 is 0. The molecule has 4 aliphatic carbocycles. The van der Waals surface area contributed by atoms with Crippen LogP contribution in [0.3, 0.4) is 0 Å². The highest BCUT2D eigenvalue weighted by atomic mass is 16.3. The van der Waals surface area contributed by atoms with Gasteiger partial charge >= 0.3 is 0 Å². The number of carbonyl (C=O) groups excluding carboxylic acids is 1. The molecule has 3 heteroatoms. The first kappa shape index (κ1) is 15.4. The predicted molar refractivity (Wildman–Crippen MR) is 88.8 cm³/mol. The fourth-order valence-corrected chi connectivity index (χ4v) is 6.56. The van der Waals surface area contributed by atoms with E-state index in [2.05, 4.69) is 19.9 Å². The van der Waals surface area contributed by atoms with Gasteiger partial charge in [-0.15, -0.1) is 0 Å². The molecule has 0 radical (unpaired) electrons. The molecule has 2 N–H and O–H groups in total. The molecular weight excluding hydrogens is 288 g/mol. The van der Waals surface area contributed by atoms with Crippen LogP contribution in [0, 0.1) is 28.6 Å². The van der Waals surface area contributed by atoms with E-state index in [-0.39, 0.29) is 22.4 Å². The summed E-state index contributed by atoms with van der Waals surface area (Å²) in [7, 11) is 0. The quantitative estimate of drug-likeness (QED) is 0.712. The van der Waals surface area contributed by atoms with Gasteiger partial charge in [0.1, 0.15) is 0 Å². The Morgan fingerprint density at radius 3 is 2.52 bits per heavy atom. The Kier molecular flexibility index (Phi) is 3.02. The first-order chi connectivity index (χ1) is 10.7. The van der Waals surface area contributed by atoms with Crippen LogP contribution in [-0.2, 0) is 4.79 Å². The summed E-state index contributed by atoms with van der Waals surface area (Å²) < 4.78 is 0. The standard InChI is InChI=1S/C20H28O3/c1-18-9-8-16(21)17(22)15(18)5-4-12-13(18)6-10-19(2)14(12)7-11-20(19,3)23/h8-9,12-14,22-23H,4-7,10-11H2,1-3H3/t12?,13?,14?,18-,19+,20+/m1/s1. The third-order valence-electron chi connectivity index (χ3n) is 8.25. The lowest BCUT2D eigenvalue weighted by Crippen LogP contribution is -2.53. The molecule has 3 unspecified atom stereocenters. The first-order valence-electron chi connectivity index (χ1n) is 9.09. The zero-order chi connectivity index (χ0) is 16.6. The lowest BCUT2D eigenvalue weighted by molar-refractivity contribution is -0.117. The molecule has 4 rings (SSSR count). The van der Waals surface area contributed by atoms with Gasteiger partial charge < -0.3 is 10.2 Å². The van der Waals surface area contributed by atoms with Crippen LogP contribution in [0.1, 0.15) is 59.3 Å². The average molecular weight is 316 g/mol. The number of allylic oxidation sites excluding steroid dienone is 3. The number of hydrogen-bond donors (Lipinski definition) is 2. The third-order valence-corrected chi connectivity index (χ3v) is 8.25. The van der Waals surface area contributed by atoms with E-state index in [1.54, 1.807) is 6.08 Å². The zero-order valence-corrected chi connectivity index (χ0v) is 14.4. The fourth-order valence-electron chi connectivity index (χ4n) is 6.56. The van der Waals surface area contributed by atoms with E-state index >= 15 is 0 Å². The molecule has 0 saturated heterocycles. The van der Waals surface area contributed by atoms with Gasteiger partial charge in [-0.05, 0) is 80.3 Å². The van der Waals surface area contributed by atoms with Crippen molar-refractivity contribution in [3.8, 4) is 0 Å². The normalized spacial score (nSPS) is 52.2. The van der Waals surface area contributed by atoms with Crippen molar-refractivity contribution in [2.24, 2.45) is 28.6 Å². The Balaban J connectivity index is 1.74. The van der Waals surface area contributed by atoms with Gasteiger partial charge in [0.15, 0.2) is 5.76 Å². The van der Waals surface area contributed by atoms with Crippen molar-refractivity contribution in [1.29, 1.82) is 0 Å². The van der Waals surface area contributed by atoms with Crippen LogP contribution < -0.4 is 0 Å². The molecule has 0 spiro atoms. The monoisotopic (exact) mass is 316 g/mol.